The predicted molar refractivity (Wildman–Crippen MR) is 79.8 cm³/mol. The van der Waals surface area contributed by atoms with Crippen molar-refractivity contribution in [2.24, 2.45) is 0 Å². The second-order valence-electron chi connectivity index (χ2n) is 6.67. The Labute approximate surface area is 116 Å². The van der Waals surface area contributed by atoms with Gasteiger partial charge in [0.1, 0.15) is 0 Å². The van der Waals surface area contributed by atoms with Gasteiger partial charge < -0.3 is 5.32 Å². The number of Topliss-reactive ketones (excluding diaryl/α,β-unsaturated/α-hetero) is 1. The molecule has 0 radical (unpaired) electrons. The minimum absolute atomic E-state index is 0.0384. The van der Waals surface area contributed by atoms with Crippen LogP contribution in [0.5, 0.6) is 0 Å². The Bertz CT molecular complexity index is 471. The molecule has 0 fully saturated rings. The number of benzene rings is 1. The summed E-state index contributed by atoms with van der Waals surface area (Å²) in [5.74, 6) is 0.197. The lowest BCUT2D eigenvalue weighted by Crippen LogP contribution is -2.46. The van der Waals surface area contributed by atoms with Gasteiger partial charge in [0.05, 0.1) is 6.04 Å². The summed E-state index contributed by atoms with van der Waals surface area (Å²) in [6.45, 7) is 8.21. The summed E-state index contributed by atoms with van der Waals surface area (Å²) < 4.78 is 0. The van der Waals surface area contributed by atoms with Crippen molar-refractivity contribution in [3.05, 3.63) is 34.9 Å². The average Bonchev–Trinajstić information content (AvgIpc) is 2.35. The van der Waals surface area contributed by atoms with Gasteiger partial charge in [0.2, 0.25) is 0 Å². The molecule has 1 aliphatic carbocycles. The Morgan fingerprint density at radius 3 is 2.42 bits per heavy atom. The monoisotopic (exact) mass is 259 g/mol. The summed E-state index contributed by atoms with van der Waals surface area (Å²) >= 11 is 0. The van der Waals surface area contributed by atoms with Gasteiger partial charge in [-0.1, -0.05) is 12.1 Å². The first-order valence-corrected chi connectivity index (χ1v) is 7.30. The van der Waals surface area contributed by atoms with Crippen molar-refractivity contribution in [1.29, 1.82) is 0 Å². The first-order chi connectivity index (χ1) is 8.87. The number of hydrogen-bond acceptors (Lipinski definition) is 2. The van der Waals surface area contributed by atoms with Gasteiger partial charge in [0, 0.05) is 11.1 Å². The van der Waals surface area contributed by atoms with E-state index in [-0.39, 0.29) is 17.4 Å². The number of hydrogen-bond donors (Lipinski definition) is 1. The van der Waals surface area contributed by atoms with E-state index in [0.29, 0.717) is 0 Å². The minimum atomic E-state index is -0.137. The predicted octanol–water partition coefficient (Wildman–Crippen LogP) is 3.52. The molecule has 0 spiro atoms. The Morgan fingerprint density at radius 2 is 1.79 bits per heavy atom. The molecule has 0 aliphatic heterocycles. The molecule has 104 valence electrons. The normalized spacial score (nSPS) is 16.8. The molecule has 0 saturated carbocycles. The van der Waals surface area contributed by atoms with Crippen LogP contribution >= 0.6 is 0 Å². The third kappa shape index (κ3) is 3.66. The molecule has 19 heavy (non-hydrogen) atoms. The second kappa shape index (κ2) is 5.46. The van der Waals surface area contributed by atoms with Crippen molar-refractivity contribution in [3.8, 4) is 0 Å². The minimum Gasteiger partial charge on any atom is -0.303 e. The van der Waals surface area contributed by atoms with E-state index in [1.54, 1.807) is 0 Å². The molecule has 1 atom stereocenters. The number of rotatable bonds is 3. The fourth-order valence-electron chi connectivity index (χ4n) is 2.85. The van der Waals surface area contributed by atoms with Gasteiger partial charge in [-0.3, -0.25) is 4.79 Å². The maximum absolute atomic E-state index is 12.4. The van der Waals surface area contributed by atoms with Crippen molar-refractivity contribution < 1.29 is 4.79 Å². The average molecular weight is 259 g/mol. The van der Waals surface area contributed by atoms with Gasteiger partial charge >= 0.3 is 0 Å². The zero-order chi connectivity index (χ0) is 14.0. The van der Waals surface area contributed by atoms with Crippen LogP contribution in [0.4, 0.5) is 0 Å². The Kier molecular flexibility index (Phi) is 4.10. The van der Waals surface area contributed by atoms with Crippen LogP contribution in [-0.2, 0) is 12.8 Å². The van der Waals surface area contributed by atoms with Gasteiger partial charge in [0.25, 0.3) is 0 Å². The maximum atomic E-state index is 12.4. The summed E-state index contributed by atoms with van der Waals surface area (Å²) in [6, 6.07) is 6.11. The zero-order valence-electron chi connectivity index (χ0n) is 12.5. The lowest BCUT2D eigenvalue weighted by Gasteiger charge is -2.25. The first kappa shape index (κ1) is 14.3. The smallest absolute Gasteiger partial charge is 0.179 e. The molecular weight excluding hydrogens is 234 g/mol. The number of carbonyl (C=O) groups excluding carboxylic acids is 1. The topological polar surface area (TPSA) is 29.1 Å². The van der Waals surface area contributed by atoms with Crippen molar-refractivity contribution in [2.45, 2.75) is 65.0 Å². The molecule has 2 nitrogen and oxygen atoms in total. The highest BCUT2D eigenvalue weighted by Gasteiger charge is 2.21. The highest BCUT2D eigenvalue weighted by molar-refractivity contribution is 6.00. The molecule has 0 bridgehead atoms. The number of fused-ring (bicyclic) bond motifs is 1. The molecule has 0 amide bonds. The third-order valence-electron chi connectivity index (χ3n) is 3.68. The highest BCUT2D eigenvalue weighted by atomic mass is 16.1. The summed E-state index contributed by atoms with van der Waals surface area (Å²) in [4.78, 5) is 12.4. The van der Waals surface area contributed by atoms with Crippen molar-refractivity contribution >= 4 is 5.78 Å². The molecule has 0 saturated heterocycles. The molecule has 1 aromatic carbocycles. The van der Waals surface area contributed by atoms with Crippen LogP contribution in [0.3, 0.4) is 0 Å². The van der Waals surface area contributed by atoms with Gasteiger partial charge in [-0.2, -0.15) is 0 Å². The van der Waals surface area contributed by atoms with Gasteiger partial charge in [-0.05, 0) is 70.6 Å². The van der Waals surface area contributed by atoms with Crippen LogP contribution in [0.2, 0.25) is 0 Å². The van der Waals surface area contributed by atoms with Crippen LogP contribution in [0.15, 0.2) is 18.2 Å². The molecule has 1 aliphatic rings. The first-order valence-electron chi connectivity index (χ1n) is 7.30. The largest absolute Gasteiger partial charge is 0.303 e. The Hall–Kier alpha value is -1.15. The lowest BCUT2D eigenvalue weighted by atomic mass is 9.89. The molecule has 2 rings (SSSR count). The molecular formula is C17H25NO. The second-order valence-corrected chi connectivity index (χ2v) is 6.67. The third-order valence-corrected chi connectivity index (χ3v) is 3.68. The van der Waals surface area contributed by atoms with Crippen LogP contribution in [0, 0.1) is 0 Å². The zero-order valence-corrected chi connectivity index (χ0v) is 12.5. The van der Waals surface area contributed by atoms with Gasteiger partial charge in [0.15, 0.2) is 5.78 Å². The Balaban J connectivity index is 2.15. The summed E-state index contributed by atoms with van der Waals surface area (Å²) in [7, 11) is 0. The van der Waals surface area contributed by atoms with Gasteiger partial charge in [-0.15, -0.1) is 0 Å². The Morgan fingerprint density at radius 1 is 1.16 bits per heavy atom. The van der Waals surface area contributed by atoms with Crippen LogP contribution in [0.25, 0.3) is 0 Å². The summed E-state index contributed by atoms with van der Waals surface area (Å²) in [5.41, 5.74) is 3.62. The van der Waals surface area contributed by atoms with E-state index in [1.807, 2.05) is 13.0 Å². The number of ketones is 1. The van der Waals surface area contributed by atoms with Crippen LogP contribution in [0.1, 0.15) is 62.0 Å². The molecule has 0 heterocycles. The number of aryl methyl sites for hydroxylation is 2. The van der Waals surface area contributed by atoms with E-state index in [0.717, 1.165) is 12.0 Å². The molecule has 2 heteroatoms. The quantitative estimate of drug-likeness (QED) is 0.841. The van der Waals surface area contributed by atoms with Crippen LogP contribution in [-0.4, -0.2) is 17.4 Å². The van der Waals surface area contributed by atoms with E-state index in [1.165, 1.54) is 30.4 Å². The van der Waals surface area contributed by atoms with Crippen molar-refractivity contribution in [3.63, 3.8) is 0 Å². The standard InChI is InChI=1S/C17H25NO/c1-12(18-17(2,3)4)16(19)15-10-9-13-7-5-6-8-14(13)11-15/h9-12,18H,5-8H2,1-4H3. The van der Waals surface area contributed by atoms with Gasteiger partial charge in [-0.25, -0.2) is 0 Å². The van der Waals surface area contributed by atoms with Crippen LogP contribution < -0.4 is 5.32 Å². The fraction of sp³-hybridized carbons (Fsp3) is 0.588. The fourth-order valence-corrected chi connectivity index (χ4v) is 2.85. The molecule has 1 N–H and O–H groups in total. The van der Waals surface area contributed by atoms with E-state index in [2.05, 4.69) is 38.2 Å². The van der Waals surface area contributed by atoms with E-state index in [9.17, 15) is 4.79 Å². The molecule has 0 aromatic heterocycles. The van der Waals surface area contributed by atoms with E-state index < -0.39 is 0 Å². The number of nitrogens with one attached hydrogen (secondary N) is 1. The van der Waals surface area contributed by atoms with E-state index >= 15 is 0 Å². The van der Waals surface area contributed by atoms with E-state index in [4.69, 9.17) is 0 Å². The SMILES string of the molecule is CC(NC(C)(C)C)C(=O)c1ccc2c(c1)CCCC2. The van der Waals surface area contributed by atoms with Crippen molar-refractivity contribution in [2.75, 3.05) is 0 Å². The highest BCUT2D eigenvalue weighted by Crippen LogP contribution is 2.23. The molecule has 1 unspecified atom stereocenters. The maximum Gasteiger partial charge on any atom is 0.179 e. The molecule has 1 aromatic rings. The summed E-state index contributed by atoms with van der Waals surface area (Å²) in [5, 5.41) is 3.35. The number of carbonyl (C=O) groups is 1. The summed E-state index contributed by atoms with van der Waals surface area (Å²) in [6.07, 6.45) is 4.82. The lowest BCUT2D eigenvalue weighted by molar-refractivity contribution is 0.0935. The van der Waals surface area contributed by atoms with Crippen molar-refractivity contribution in [1.82, 2.24) is 5.32 Å².